The number of nitrogens with zero attached hydrogens (tertiary/aromatic N) is 2. The monoisotopic (exact) mass is 324 g/mol. The molecule has 0 bridgehead atoms. The Balaban J connectivity index is 1.74. The van der Waals surface area contributed by atoms with Crippen LogP contribution in [0.4, 0.5) is 0 Å². The fourth-order valence-corrected chi connectivity index (χ4v) is 2.13. The minimum atomic E-state index is -0.733. The molecule has 0 saturated carbocycles. The van der Waals surface area contributed by atoms with Crippen LogP contribution in [0.5, 0.6) is 5.75 Å². The third-order valence-corrected chi connectivity index (χ3v) is 3.49. The molecule has 0 amide bonds. The highest BCUT2D eigenvalue weighted by Crippen LogP contribution is 2.25. The Morgan fingerprint density at radius 2 is 1.83 bits per heavy atom. The van der Waals surface area contributed by atoms with Gasteiger partial charge in [-0.15, -0.1) is 10.2 Å². The predicted octanol–water partition coefficient (Wildman–Crippen LogP) is 3.67. The van der Waals surface area contributed by atoms with Crippen molar-refractivity contribution < 1.29 is 19.1 Å². The van der Waals surface area contributed by atoms with Gasteiger partial charge in [0.25, 0.3) is 5.89 Å². The molecule has 1 N–H and O–H groups in total. The number of rotatable bonds is 4. The number of ether oxygens (including phenoxy) is 1. The summed E-state index contributed by atoms with van der Waals surface area (Å²) in [6, 6.07) is 13.8. The van der Waals surface area contributed by atoms with Crippen molar-refractivity contribution in [2.45, 2.75) is 20.0 Å². The number of aromatic hydroxyl groups is 1. The molecule has 24 heavy (non-hydrogen) atoms. The van der Waals surface area contributed by atoms with Crippen LogP contribution in [0.15, 0.2) is 52.9 Å². The third-order valence-electron chi connectivity index (χ3n) is 3.49. The van der Waals surface area contributed by atoms with Gasteiger partial charge in [0.1, 0.15) is 11.3 Å². The van der Waals surface area contributed by atoms with Gasteiger partial charge in [-0.05, 0) is 38.1 Å². The molecule has 0 unspecified atom stereocenters. The van der Waals surface area contributed by atoms with E-state index in [-0.39, 0.29) is 17.2 Å². The molecular weight excluding hydrogens is 308 g/mol. The Kier molecular flexibility index (Phi) is 4.29. The molecule has 3 aromatic rings. The van der Waals surface area contributed by atoms with E-state index < -0.39 is 12.1 Å². The summed E-state index contributed by atoms with van der Waals surface area (Å²) in [5, 5.41) is 17.6. The Labute approximate surface area is 138 Å². The average Bonchev–Trinajstić information content (AvgIpc) is 3.06. The van der Waals surface area contributed by atoms with Gasteiger partial charge in [0.15, 0.2) is 6.10 Å². The minimum absolute atomic E-state index is 0.0858. The van der Waals surface area contributed by atoms with Gasteiger partial charge >= 0.3 is 5.97 Å². The number of hydrogen-bond donors (Lipinski definition) is 1. The van der Waals surface area contributed by atoms with Gasteiger partial charge in [-0.1, -0.05) is 29.8 Å². The summed E-state index contributed by atoms with van der Waals surface area (Å²) < 4.78 is 10.9. The van der Waals surface area contributed by atoms with Crippen molar-refractivity contribution in [1.29, 1.82) is 0 Å². The molecule has 1 atom stereocenters. The first kappa shape index (κ1) is 15.7. The lowest BCUT2D eigenvalue weighted by atomic mass is 10.1. The number of carbonyl (C=O) groups is 1. The average molecular weight is 324 g/mol. The van der Waals surface area contributed by atoms with Gasteiger partial charge in [-0.3, -0.25) is 0 Å². The second kappa shape index (κ2) is 6.54. The standard InChI is InChI=1S/C18H16N2O4/c1-11-7-9-13(10-8-11)17-20-19-16(24-17)12(2)23-18(22)14-5-3-4-6-15(14)21/h3-10,12,21H,1-2H3/t12-/m0/s1. The van der Waals surface area contributed by atoms with Crippen LogP contribution in [0.3, 0.4) is 0 Å². The van der Waals surface area contributed by atoms with E-state index in [0.29, 0.717) is 5.89 Å². The van der Waals surface area contributed by atoms with Crippen molar-refractivity contribution in [3.8, 4) is 17.2 Å². The first-order valence-electron chi connectivity index (χ1n) is 7.44. The fraction of sp³-hybridized carbons (Fsp3) is 0.167. The van der Waals surface area contributed by atoms with Crippen LogP contribution in [0.2, 0.25) is 0 Å². The van der Waals surface area contributed by atoms with Crippen molar-refractivity contribution in [2.24, 2.45) is 0 Å². The molecule has 3 rings (SSSR count). The van der Waals surface area contributed by atoms with Crippen LogP contribution in [0.25, 0.3) is 11.5 Å². The largest absolute Gasteiger partial charge is 0.507 e. The van der Waals surface area contributed by atoms with E-state index in [1.54, 1.807) is 19.1 Å². The van der Waals surface area contributed by atoms with E-state index in [4.69, 9.17) is 9.15 Å². The van der Waals surface area contributed by atoms with Gasteiger partial charge < -0.3 is 14.3 Å². The van der Waals surface area contributed by atoms with Crippen LogP contribution in [-0.4, -0.2) is 21.3 Å². The van der Waals surface area contributed by atoms with Gasteiger partial charge in [0, 0.05) is 5.56 Å². The number of phenols is 1. The smallest absolute Gasteiger partial charge is 0.342 e. The van der Waals surface area contributed by atoms with Crippen molar-refractivity contribution >= 4 is 5.97 Å². The number of para-hydroxylation sites is 1. The molecule has 0 radical (unpaired) electrons. The number of phenolic OH excluding ortho intramolecular Hbond substituents is 1. The summed E-state index contributed by atoms with van der Waals surface area (Å²) in [6.45, 7) is 3.62. The molecule has 122 valence electrons. The molecule has 0 spiro atoms. The molecule has 1 aromatic heterocycles. The molecule has 0 aliphatic carbocycles. The van der Waals surface area contributed by atoms with E-state index in [9.17, 15) is 9.90 Å². The van der Waals surface area contributed by atoms with E-state index in [2.05, 4.69) is 10.2 Å². The molecule has 0 aliphatic rings. The van der Waals surface area contributed by atoms with Crippen molar-refractivity contribution in [1.82, 2.24) is 10.2 Å². The van der Waals surface area contributed by atoms with Crippen molar-refractivity contribution in [2.75, 3.05) is 0 Å². The number of benzene rings is 2. The van der Waals surface area contributed by atoms with E-state index in [0.717, 1.165) is 11.1 Å². The lowest BCUT2D eigenvalue weighted by Gasteiger charge is -2.10. The molecule has 0 saturated heterocycles. The second-order valence-corrected chi connectivity index (χ2v) is 5.38. The van der Waals surface area contributed by atoms with Crippen LogP contribution in [0, 0.1) is 6.92 Å². The number of aromatic nitrogens is 2. The topological polar surface area (TPSA) is 85.5 Å². The first-order valence-corrected chi connectivity index (χ1v) is 7.44. The maximum Gasteiger partial charge on any atom is 0.342 e. The molecule has 6 heteroatoms. The summed E-state index contributed by atoms with van der Waals surface area (Å²) in [6.07, 6.45) is -0.733. The number of hydrogen-bond acceptors (Lipinski definition) is 6. The quantitative estimate of drug-likeness (QED) is 0.737. The first-order chi connectivity index (χ1) is 11.5. The highest BCUT2D eigenvalue weighted by Gasteiger charge is 2.21. The van der Waals surface area contributed by atoms with Gasteiger partial charge in [0.2, 0.25) is 5.89 Å². The van der Waals surface area contributed by atoms with E-state index >= 15 is 0 Å². The van der Waals surface area contributed by atoms with Gasteiger partial charge in [0.05, 0.1) is 0 Å². The van der Waals surface area contributed by atoms with Crippen molar-refractivity contribution in [3.63, 3.8) is 0 Å². The maximum absolute atomic E-state index is 12.1. The van der Waals surface area contributed by atoms with Crippen LogP contribution in [-0.2, 0) is 4.74 Å². The Morgan fingerprint density at radius 1 is 1.12 bits per heavy atom. The fourth-order valence-electron chi connectivity index (χ4n) is 2.13. The lowest BCUT2D eigenvalue weighted by Crippen LogP contribution is -2.09. The highest BCUT2D eigenvalue weighted by molar-refractivity contribution is 5.92. The zero-order valence-electron chi connectivity index (χ0n) is 13.3. The minimum Gasteiger partial charge on any atom is -0.507 e. The summed E-state index contributed by atoms with van der Waals surface area (Å²) in [7, 11) is 0. The Hall–Kier alpha value is -3.15. The van der Waals surface area contributed by atoms with Crippen LogP contribution in [0.1, 0.15) is 34.8 Å². The highest BCUT2D eigenvalue weighted by atomic mass is 16.6. The summed E-state index contributed by atoms with van der Waals surface area (Å²) in [4.78, 5) is 12.1. The molecule has 0 fully saturated rings. The summed E-state index contributed by atoms with van der Waals surface area (Å²) in [5.41, 5.74) is 2.00. The third kappa shape index (κ3) is 3.27. The van der Waals surface area contributed by atoms with E-state index in [1.165, 1.54) is 12.1 Å². The molecule has 1 heterocycles. The second-order valence-electron chi connectivity index (χ2n) is 5.38. The predicted molar refractivity (Wildman–Crippen MR) is 86.4 cm³/mol. The summed E-state index contributed by atoms with van der Waals surface area (Å²) in [5.74, 6) is -0.249. The number of esters is 1. The summed E-state index contributed by atoms with van der Waals surface area (Å²) >= 11 is 0. The SMILES string of the molecule is Cc1ccc(-c2nnc([C@H](C)OC(=O)c3ccccc3O)o2)cc1. The Bertz CT molecular complexity index is 855. The maximum atomic E-state index is 12.1. The molecule has 6 nitrogen and oxygen atoms in total. The van der Waals surface area contributed by atoms with Crippen LogP contribution < -0.4 is 0 Å². The zero-order chi connectivity index (χ0) is 17.1. The van der Waals surface area contributed by atoms with Crippen molar-refractivity contribution in [3.05, 3.63) is 65.5 Å². The molecule has 2 aromatic carbocycles. The normalized spacial score (nSPS) is 11.9. The molecular formula is C18H16N2O4. The van der Waals surface area contributed by atoms with E-state index in [1.807, 2.05) is 31.2 Å². The number of aryl methyl sites for hydroxylation is 1. The number of carbonyl (C=O) groups excluding carboxylic acids is 1. The zero-order valence-corrected chi connectivity index (χ0v) is 13.3. The van der Waals surface area contributed by atoms with Gasteiger partial charge in [-0.25, -0.2) is 4.79 Å². The Morgan fingerprint density at radius 3 is 2.54 bits per heavy atom. The lowest BCUT2D eigenvalue weighted by molar-refractivity contribution is 0.0277. The van der Waals surface area contributed by atoms with Crippen LogP contribution >= 0.6 is 0 Å². The van der Waals surface area contributed by atoms with Gasteiger partial charge in [-0.2, -0.15) is 0 Å². The molecule has 0 aliphatic heterocycles.